The highest BCUT2D eigenvalue weighted by Gasteiger charge is 2.34. The minimum Gasteiger partial charge on any atom is -0.399 e. The molecular formula is C34H46N2. The van der Waals surface area contributed by atoms with Crippen LogP contribution in [-0.2, 0) is 0 Å². The number of nitrogens with zero attached hydrogens (tertiary/aromatic N) is 1. The first-order valence-electron chi connectivity index (χ1n) is 13.9. The van der Waals surface area contributed by atoms with Crippen LogP contribution in [0.15, 0.2) is 55.6 Å². The van der Waals surface area contributed by atoms with E-state index < -0.39 is 0 Å². The van der Waals surface area contributed by atoms with E-state index in [4.69, 9.17) is 5.73 Å². The minimum absolute atomic E-state index is 0.345. The molecular weight excluding hydrogens is 436 g/mol. The molecule has 2 aromatic carbocycles. The van der Waals surface area contributed by atoms with E-state index in [1.165, 1.54) is 71.9 Å². The van der Waals surface area contributed by atoms with Crippen LogP contribution >= 0.6 is 0 Å². The van der Waals surface area contributed by atoms with Crippen molar-refractivity contribution in [2.75, 3.05) is 19.6 Å². The fourth-order valence-electron chi connectivity index (χ4n) is 5.85. The van der Waals surface area contributed by atoms with Gasteiger partial charge in [-0.3, -0.25) is 4.90 Å². The van der Waals surface area contributed by atoms with Gasteiger partial charge >= 0.3 is 0 Å². The number of aryl methyl sites for hydroxylation is 2. The molecule has 1 heterocycles. The van der Waals surface area contributed by atoms with Gasteiger partial charge in [0.15, 0.2) is 0 Å². The number of piperidine rings is 1. The molecule has 2 aliphatic rings. The third-order valence-electron chi connectivity index (χ3n) is 8.87. The van der Waals surface area contributed by atoms with Gasteiger partial charge in [0.05, 0.1) is 0 Å². The van der Waals surface area contributed by atoms with Gasteiger partial charge in [-0.2, -0.15) is 0 Å². The van der Waals surface area contributed by atoms with Gasteiger partial charge < -0.3 is 5.73 Å². The lowest BCUT2D eigenvalue weighted by Crippen LogP contribution is -2.40. The number of rotatable bonds is 10. The first-order valence-corrected chi connectivity index (χ1v) is 13.9. The van der Waals surface area contributed by atoms with Gasteiger partial charge in [0.1, 0.15) is 0 Å². The van der Waals surface area contributed by atoms with E-state index >= 15 is 0 Å². The lowest BCUT2D eigenvalue weighted by atomic mass is 9.71. The molecule has 0 aromatic heterocycles. The number of hydrogen-bond acceptors (Lipinski definition) is 2. The van der Waals surface area contributed by atoms with E-state index in [1.54, 1.807) is 5.57 Å². The summed E-state index contributed by atoms with van der Waals surface area (Å²) < 4.78 is 0. The van der Waals surface area contributed by atoms with Crippen LogP contribution in [0.1, 0.15) is 85.3 Å². The highest BCUT2D eigenvalue weighted by atomic mass is 15.1. The Hall–Kier alpha value is -2.58. The smallest absolute Gasteiger partial charge is 0.0314 e. The largest absolute Gasteiger partial charge is 0.399 e. The maximum Gasteiger partial charge on any atom is 0.0314 e. The van der Waals surface area contributed by atoms with Crippen molar-refractivity contribution in [1.29, 1.82) is 0 Å². The van der Waals surface area contributed by atoms with Crippen LogP contribution < -0.4 is 5.73 Å². The van der Waals surface area contributed by atoms with Crippen molar-refractivity contribution in [3.63, 3.8) is 0 Å². The van der Waals surface area contributed by atoms with Crippen molar-refractivity contribution in [3.8, 4) is 0 Å². The molecule has 4 rings (SSSR count). The van der Waals surface area contributed by atoms with Crippen molar-refractivity contribution in [1.82, 2.24) is 4.90 Å². The quantitative estimate of drug-likeness (QED) is 0.369. The molecule has 1 aliphatic carbocycles. The lowest BCUT2D eigenvalue weighted by Gasteiger charge is -2.42. The monoisotopic (exact) mass is 482 g/mol. The maximum absolute atomic E-state index is 5.85. The Morgan fingerprint density at radius 1 is 1.03 bits per heavy atom. The van der Waals surface area contributed by atoms with Crippen LogP contribution in [-0.4, -0.2) is 24.5 Å². The van der Waals surface area contributed by atoms with Gasteiger partial charge in [-0.1, -0.05) is 74.5 Å². The van der Waals surface area contributed by atoms with Crippen LogP contribution in [0.25, 0.3) is 16.8 Å². The third kappa shape index (κ3) is 6.40. The van der Waals surface area contributed by atoms with Crippen molar-refractivity contribution >= 4 is 16.8 Å². The minimum atomic E-state index is 0.345. The van der Waals surface area contributed by atoms with Crippen LogP contribution in [0, 0.1) is 32.1 Å². The van der Waals surface area contributed by atoms with E-state index in [0.717, 1.165) is 37.5 Å². The molecule has 0 amide bonds. The van der Waals surface area contributed by atoms with Crippen molar-refractivity contribution in [3.05, 3.63) is 89.0 Å². The number of hydrogen-bond donors (Lipinski definition) is 1. The van der Waals surface area contributed by atoms with E-state index in [2.05, 4.69) is 88.2 Å². The highest BCUT2D eigenvalue weighted by molar-refractivity contribution is 5.71. The molecule has 1 saturated heterocycles. The number of nitrogens with two attached hydrogens (primary N) is 1. The first kappa shape index (κ1) is 26.5. The zero-order chi connectivity index (χ0) is 25.9. The highest BCUT2D eigenvalue weighted by Crippen LogP contribution is 2.43. The van der Waals surface area contributed by atoms with Crippen molar-refractivity contribution in [2.24, 2.45) is 17.1 Å². The summed E-state index contributed by atoms with van der Waals surface area (Å²) in [5, 5.41) is 0. The molecule has 36 heavy (non-hydrogen) atoms. The predicted octanol–water partition coefficient (Wildman–Crippen LogP) is 8.32. The molecule has 2 heteroatoms. The summed E-state index contributed by atoms with van der Waals surface area (Å²) >= 11 is 0. The van der Waals surface area contributed by atoms with Crippen LogP contribution in [0.3, 0.4) is 0 Å². The van der Waals surface area contributed by atoms with Gasteiger partial charge in [-0.25, -0.2) is 0 Å². The van der Waals surface area contributed by atoms with Crippen molar-refractivity contribution < 1.29 is 0 Å². The summed E-state index contributed by atoms with van der Waals surface area (Å²) in [6, 6.07) is 13.2. The van der Waals surface area contributed by atoms with Crippen LogP contribution in [0.4, 0.5) is 0 Å². The van der Waals surface area contributed by atoms with Crippen molar-refractivity contribution in [2.45, 2.75) is 72.6 Å². The SMILES string of the molecule is C=C(N)c1ccc(C(=C)CC2(CC)CCN(C/C(=C/CC3CC3)c3cc(C)cc(C)c3C)CC2)cc1. The Bertz CT molecular complexity index is 1120. The van der Waals surface area contributed by atoms with Crippen LogP contribution in [0.5, 0.6) is 0 Å². The van der Waals surface area contributed by atoms with Gasteiger partial charge in [0, 0.05) is 12.2 Å². The standard InChI is InChI=1S/C34H46N2/c1-7-34(22-26(4)30-12-14-31(15-13-30)28(6)35)16-18-36(19-17-34)23-32(11-10-29-8-9-29)33-21-24(2)20-25(3)27(33)5/h11-15,20-21,29H,4,6-10,16-19,22-23,35H2,1-3,5H3/b32-11-. The van der Waals surface area contributed by atoms with E-state index in [0.29, 0.717) is 11.1 Å². The Morgan fingerprint density at radius 3 is 2.25 bits per heavy atom. The second-order valence-corrected chi connectivity index (χ2v) is 11.7. The Balaban J connectivity index is 1.43. The topological polar surface area (TPSA) is 29.3 Å². The summed E-state index contributed by atoms with van der Waals surface area (Å²) in [6.07, 6.45) is 11.4. The first-order chi connectivity index (χ1) is 17.2. The molecule has 1 saturated carbocycles. The molecule has 2 fully saturated rings. The normalized spacial score (nSPS) is 18.3. The zero-order valence-corrected chi connectivity index (χ0v) is 23.1. The molecule has 2 N–H and O–H groups in total. The molecule has 0 radical (unpaired) electrons. The van der Waals surface area contributed by atoms with Gasteiger partial charge in [0.25, 0.3) is 0 Å². The molecule has 0 spiro atoms. The van der Waals surface area contributed by atoms with Gasteiger partial charge in [-0.05, 0) is 123 Å². The third-order valence-corrected chi connectivity index (χ3v) is 8.87. The molecule has 192 valence electrons. The summed E-state index contributed by atoms with van der Waals surface area (Å²) in [5.41, 5.74) is 17.5. The summed E-state index contributed by atoms with van der Waals surface area (Å²) in [4.78, 5) is 2.70. The maximum atomic E-state index is 5.85. The Kier molecular flexibility index (Phi) is 8.25. The number of allylic oxidation sites excluding steroid dienone is 2. The molecule has 2 nitrogen and oxygen atoms in total. The van der Waals surface area contributed by atoms with E-state index in [9.17, 15) is 0 Å². The zero-order valence-electron chi connectivity index (χ0n) is 23.1. The molecule has 0 unspecified atom stereocenters. The van der Waals surface area contributed by atoms with Gasteiger partial charge in [-0.15, -0.1) is 0 Å². The molecule has 2 aromatic rings. The average Bonchev–Trinajstić information content (AvgIpc) is 3.70. The predicted molar refractivity (Wildman–Crippen MR) is 158 cm³/mol. The molecule has 0 bridgehead atoms. The molecule has 1 aliphatic heterocycles. The Labute approximate surface area is 220 Å². The summed E-state index contributed by atoms with van der Waals surface area (Å²) in [5.74, 6) is 0.920. The fourth-order valence-corrected chi connectivity index (χ4v) is 5.85. The Morgan fingerprint density at radius 2 is 1.67 bits per heavy atom. The van der Waals surface area contributed by atoms with E-state index in [-0.39, 0.29) is 0 Å². The van der Waals surface area contributed by atoms with Gasteiger partial charge in [0.2, 0.25) is 0 Å². The number of likely N-dealkylation sites (tertiary alicyclic amines) is 1. The van der Waals surface area contributed by atoms with E-state index in [1.807, 2.05) is 0 Å². The molecule has 0 atom stereocenters. The second kappa shape index (κ2) is 11.2. The number of benzene rings is 2. The second-order valence-electron chi connectivity index (χ2n) is 11.7. The van der Waals surface area contributed by atoms with Crippen LogP contribution in [0.2, 0.25) is 0 Å². The summed E-state index contributed by atoms with van der Waals surface area (Å²) in [7, 11) is 0. The fraction of sp³-hybridized carbons (Fsp3) is 0.471. The average molecular weight is 483 g/mol. The summed E-state index contributed by atoms with van der Waals surface area (Å²) in [6.45, 7) is 20.9. The lowest BCUT2D eigenvalue weighted by molar-refractivity contribution is 0.113.